The van der Waals surface area contributed by atoms with Gasteiger partial charge in [0.05, 0.1) is 11.6 Å². The van der Waals surface area contributed by atoms with Crippen LogP contribution >= 0.6 is 0 Å². The fraction of sp³-hybridized carbons (Fsp3) is 0.818. The summed E-state index contributed by atoms with van der Waals surface area (Å²) in [5.41, 5.74) is 5.49. The first kappa shape index (κ1) is 13.4. The largest absolute Gasteiger partial charge is 0.379 e. The SMILES string of the molecule is C#CC(C)NC(CN)CC(C)(C)OC. The van der Waals surface area contributed by atoms with E-state index in [0.717, 1.165) is 6.42 Å². The van der Waals surface area contributed by atoms with Crippen LogP contribution in [0.1, 0.15) is 27.2 Å². The van der Waals surface area contributed by atoms with Crippen LogP contribution in [0.25, 0.3) is 0 Å². The van der Waals surface area contributed by atoms with Gasteiger partial charge in [-0.05, 0) is 27.2 Å². The average molecular weight is 198 g/mol. The lowest BCUT2D eigenvalue weighted by Gasteiger charge is -2.29. The summed E-state index contributed by atoms with van der Waals surface area (Å²) >= 11 is 0. The van der Waals surface area contributed by atoms with E-state index in [1.54, 1.807) is 7.11 Å². The fourth-order valence-corrected chi connectivity index (χ4v) is 1.29. The molecule has 2 unspecified atom stereocenters. The van der Waals surface area contributed by atoms with Crippen molar-refractivity contribution in [1.82, 2.24) is 5.32 Å². The van der Waals surface area contributed by atoms with Crippen LogP contribution in [0.4, 0.5) is 0 Å². The molecule has 2 atom stereocenters. The van der Waals surface area contributed by atoms with Crippen LogP contribution in [0.5, 0.6) is 0 Å². The summed E-state index contributed by atoms with van der Waals surface area (Å²) in [5.74, 6) is 2.63. The van der Waals surface area contributed by atoms with E-state index in [1.807, 2.05) is 20.8 Å². The van der Waals surface area contributed by atoms with Gasteiger partial charge >= 0.3 is 0 Å². The lowest BCUT2D eigenvalue weighted by molar-refractivity contribution is 0.00748. The zero-order chi connectivity index (χ0) is 11.2. The number of hydrogen-bond donors (Lipinski definition) is 2. The van der Waals surface area contributed by atoms with E-state index in [9.17, 15) is 0 Å². The predicted molar refractivity (Wildman–Crippen MR) is 60.0 cm³/mol. The average Bonchev–Trinajstić information content (AvgIpc) is 2.16. The Hall–Kier alpha value is -0.560. The van der Waals surface area contributed by atoms with Crippen LogP contribution in [0.2, 0.25) is 0 Å². The Balaban J connectivity index is 4.10. The van der Waals surface area contributed by atoms with Crippen LogP contribution in [0.15, 0.2) is 0 Å². The number of nitrogens with two attached hydrogens (primary N) is 1. The summed E-state index contributed by atoms with van der Waals surface area (Å²) in [4.78, 5) is 0. The Morgan fingerprint density at radius 3 is 2.50 bits per heavy atom. The van der Waals surface area contributed by atoms with Crippen LogP contribution < -0.4 is 11.1 Å². The highest BCUT2D eigenvalue weighted by atomic mass is 16.5. The standard InChI is InChI=1S/C11H22N2O/c1-6-9(2)13-10(8-12)7-11(3,4)14-5/h1,9-10,13H,7-8,12H2,2-5H3. The fourth-order valence-electron chi connectivity index (χ4n) is 1.29. The van der Waals surface area contributed by atoms with Gasteiger partial charge in [0, 0.05) is 19.7 Å². The van der Waals surface area contributed by atoms with Gasteiger partial charge in [-0.3, -0.25) is 5.32 Å². The van der Waals surface area contributed by atoms with E-state index < -0.39 is 0 Å². The lowest BCUT2D eigenvalue weighted by Crippen LogP contribution is -2.45. The second-order valence-electron chi connectivity index (χ2n) is 4.16. The van der Waals surface area contributed by atoms with Crippen molar-refractivity contribution in [1.29, 1.82) is 0 Å². The summed E-state index contributed by atoms with van der Waals surface area (Å²) in [5, 5.41) is 3.27. The highest BCUT2D eigenvalue weighted by Gasteiger charge is 2.22. The van der Waals surface area contributed by atoms with Crippen LogP contribution in [0.3, 0.4) is 0 Å². The van der Waals surface area contributed by atoms with Gasteiger partial charge in [0.1, 0.15) is 0 Å². The molecule has 0 heterocycles. The Labute approximate surface area is 87.4 Å². The van der Waals surface area contributed by atoms with Crippen LogP contribution in [-0.2, 0) is 4.74 Å². The number of nitrogens with one attached hydrogen (secondary N) is 1. The van der Waals surface area contributed by atoms with Crippen molar-refractivity contribution in [2.45, 2.75) is 44.9 Å². The smallest absolute Gasteiger partial charge is 0.0660 e. The van der Waals surface area contributed by atoms with Gasteiger partial charge in [-0.1, -0.05) is 5.92 Å². The maximum atomic E-state index is 5.65. The molecule has 0 spiro atoms. The van der Waals surface area contributed by atoms with Gasteiger partial charge in [-0.2, -0.15) is 0 Å². The van der Waals surface area contributed by atoms with Gasteiger partial charge in [0.15, 0.2) is 0 Å². The summed E-state index contributed by atoms with van der Waals surface area (Å²) < 4.78 is 5.34. The van der Waals surface area contributed by atoms with Gasteiger partial charge in [0.25, 0.3) is 0 Å². The summed E-state index contributed by atoms with van der Waals surface area (Å²) in [6.45, 7) is 6.59. The van der Waals surface area contributed by atoms with Crippen molar-refractivity contribution in [3.63, 3.8) is 0 Å². The first-order valence-corrected chi connectivity index (χ1v) is 4.92. The molecule has 0 aliphatic rings. The van der Waals surface area contributed by atoms with E-state index in [4.69, 9.17) is 16.9 Å². The maximum Gasteiger partial charge on any atom is 0.0660 e. The molecule has 14 heavy (non-hydrogen) atoms. The molecule has 0 amide bonds. The summed E-state index contributed by atoms with van der Waals surface area (Å²) in [6, 6.07) is 0.257. The number of terminal acetylenes is 1. The van der Waals surface area contributed by atoms with Crippen molar-refractivity contribution < 1.29 is 4.74 Å². The van der Waals surface area contributed by atoms with Gasteiger partial charge in [-0.15, -0.1) is 6.42 Å². The molecular weight excluding hydrogens is 176 g/mol. The van der Waals surface area contributed by atoms with E-state index in [2.05, 4.69) is 11.2 Å². The number of ether oxygens (including phenoxy) is 1. The minimum absolute atomic E-state index is 0.0520. The first-order valence-electron chi connectivity index (χ1n) is 4.92. The Morgan fingerprint density at radius 2 is 2.14 bits per heavy atom. The van der Waals surface area contributed by atoms with E-state index in [-0.39, 0.29) is 17.7 Å². The third-order valence-electron chi connectivity index (χ3n) is 2.31. The quantitative estimate of drug-likeness (QED) is 0.619. The third-order valence-corrected chi connectivity index (χ3v) is 2.31. The van der Waals surface area contributed by atoms with E-state index in [0.29, 0.717) is 6.54 Å². The zero-order valence-electron chi connectivity index (χ0n) is 9.63. The molecule has 0 aliphatic heterocycles. The van der Waals surface area contributed by atoms with Crippen LogP contribution in [-0.4, -0.2) is 31.3 Å². The Morgan fingerprint density at radius 1 is 1.57 bits per heavy atom. The Kier molecular flexibility index (Phi) is 5.78. The molecule has 3 heteroatoms. The van der Waals surface area contributed by atoms with Gasteiger partial charge in [0.2, 0.25) is 0 Å². The first-order chi connectivity index (χ1) is 6.45. The molecule has 0 radical (unpaired) electrons. The van der Waals surface area contributed by atoms with Crippen molar-refractivity contribution in [2.24, 2.45) is 5.73 Å². The minimum Gasteiger partial charge on any atom is -0.379 e. The molecule has 3 N–H and O–H groups in total. The summed E-state index contributed by atoms with van der Waals surface area (Å²) in [6.07, 6.45) is 6.14. The molecule has 82 valence electrons. The van der Waals surface area contributed by atoms with E-state index in [1.165, 1.54) is 0 Å². The van der Waals surface area contributed by atoms with Crippen molar-refractivity contribution >= 4 is 0 Å². The molecule has 0 fully saturated rings. The molecule has 0 saturated carbocycles. The van der Waals surface area contributed by atoms with Crippen molar-refractivity contribution in [3.05, 3.63) is 0 Å². The maximum absolute atomic E-state index is 5.65. The van der Waals surface area contributed by atoms with Crippen molar-refractivity contribution in [2.75, 3.05) is 13.7 Å². The molecule has 0 bridgehead atoms. The monoisotopic (exact) mass is 198 g/mol. The van der Waals surface area contributed by atoms with Gasteiger partial charge in [-0.25, -0.2) is 0 Å². The second-order valence-corrected chi connectivity index (χ2v) is 4.16. The molecule has 0 aromatic carbocycles. The van der Waals surface area contributed by atoms with E-state index >= 15 is 0 Å². The molecule has 3 nitrogen and oxygen atoms in total. The molecule has 0 aliphatic carbocycles. The number of hydrogen-bond acceptors (Lipinski definition) is 3. The molecule has 0 rings (SSSR count). The topological polar surface area (TPSA) is 47.3 Å². The predicted octanol–water partition coefficient (Wildman–Crippen LogP) is 0.740. The lowest BCUT2D eigenvalue weighted by atomic mass is 9.98. The minimum atomic E-state index is -0.161. The van der Waals surface area contributed by atoms with Crippen molar-refractivity contribution in [3.8, 4) is 12.3 Å². The number of methoxy groups -OCH3 is 1. The second kappa shape index (κ2) is 6.02. The Bertz CT molecular complexity index is 196. The highest BCUT2D eigenvalue weighted by Crippen LogP contribution is 2.15. The third kappa shape index (κ3) is 5.23. The molecule has 0 aromatic heterocycles. The zero-order valence-corrected chi connectivity index (χ0v) is 9.63. The number of rotatable bonds is 6. The molecule has 0 saturated heterocycles. The molecular formula is C11H22N2O. The normalized spacial score (nSPS) is 16.0. The van der Waals surface area contributed by atoms with Gasteiger partial charge < -0.3 is 10.5 Å². The summed E-state index contributed by atoms with van der Waals surface area (Å²) in [7, 11) is 1.71. The van der Waals surface area contributed by atoms with Crippen LogP contribution in [0, 0.1) is 12.3 Å². The highest BCUT2D eigenvalue weighted by molar-refractivity contribution is 4.97. The molecule has 0 aromatic rings.